The second-order valence-electron chi connectivity index (χ2n) is 5.58. The van der Waals surface area contributed by atoms with Gasteiger partial charge in [0, 0.05) is 19.2 Å². The number of ether oxygens (including phenoxy) is 1. The lowest BCUT2D eigenvalue weighted by Crippen LogP contribution is -2.44. The normalized spacial score (nSPS) is 17.3. The van der Waals surface area contributed by atoms with E-state index in [0.717, 1.165) is 12.8 Å². The number of rotatable bonds is 4. The minimum Gasteiger partial charge on any atom is -0.481 e. The van der Waals surface area contributed by atoms with E-state index in [9.17, 15) is 9.18 Å². The van der Waals surface area contributed by atoms with E-state index in [4.69, 9.17) is 16.3 Å². The van der Waals surface area contributed by atoms with Crippen LogP contribution in [0.2, 0.25) is 5.02 Å². The summed E-state index contributed by atoms with van der Waals surface area (Å²) in [5.74, 6) is -0.149. The van der Waals surface area contributed by atoms with Crippen molar-refractivity contribution < 1.29 is 13.9 Å². The van der Waals surface area contributed by atoms with Crippen LogP contribution in [0.15, 0.2) is 18.2 Å². The molecule has 3 nitrogen and oxygen atoms in total. The SMILES string of the molecule is CC(Oc1ccc(F)c(Cl)c1)C(=O)N(C)C1CCCCC1. The largest absolute Gasteiger partial charge is 0.481 e. The van der Waals surface area contributed by atoms with Crippen LogP contribution in [0, 0.1) is 5.82 Å². The first-order valence-electron chi connectivity index (χ1n) is 7.37. The number of nitrogens with zero attached hydrogens (tertiary/aromatic N) is 1. The third kappa shape index (κ3) is 4.10. The molecule has 0 spiro atoms. The summed E-state index contributed by atoms with van der Waals surface area (Å²) in [6, 6.07) is 4.40. The average molecular weight is 314 g/mol. The maximum absolute atomic E-state index is 13.1. The Balaban J connectivity index is 1.96. The van der Waals surface area contributed by atoms with Gasteiger partial charge in [-0.1, -0.05) is 30.9 Å². The summed E-state index contributed by atoms with van der Waals surface area (Å²) in [7, 11) is 1.83. The molecule has 1 aromatic rings. The highest BCUT2D eigenvalue weighted by Gasteiger charge is 2.26. The maximum atomic E-state index is 13.1. The standard InChI is InChI=1S/C16H21ClFNO2/c1-11(21-13-8-9-15(18)14(17)10-13)16(20)19(2)12-6-4-3-5-7-12/h8-12H,3-7H2,1-2H3. The fourth-order valence-corrected chi connectivity index (χ4v) is 2.91. The molecule has 1 aromatic carbocycles. The lowest BCUT2D eigenvalue weighted by molar-refractivity contribution is -0.139. The summed E-state index contributed by atoms with van der Waals surface area (Å²) >= 11 is 5.71. The third-order valence-electron chi connectivity index (χ3n) is 4.02. The minimum absolute atomic E-state index is 0.00668. The molecule has 1 unspecified atom stereocenters. The fraction of sp³-hybridized carbons (Fsp3) is 0.562. The van der Waals surface area contributed by atoms with Crippen molar-refractivity contribution in [2.24, 2.45) is 0 Å². The van der Waals surface area contributed by atoms with Crippen molar-refractivity contribution in [3.63, 3.8) is 0 Å². The quantitative estimate of drug-likeness (QED) is 0.839. The molecule has 0 heterocycles. The van der Waals surface area contributed by atoms with Crippen molar-refractivity contribution in [2.45, 2.75) is 51.2 Å². The van der Waals surface area contributed by atoms with Crippen molar-refractivity contribution in [1.29, 1.82) is 0 Å². The van der Waals surface area contributed by atoms with Crippen molar-refractivity contribution in [3.05, 3.63) is 29.0 Å². The first-order chi connectivity index (χ1) is 9.99. The van der Waals surface area contributed by atoms with Crippen LogP contribution in [0.25, 0.3) is 0 Å². The maximum Gasteiger partial charge on any atom is 0.263 e. The van der Waals surface area contributed by atoms with Crippen LogP contribution in [-0.4, -0.2) is 30.0 Å². The van der Waals surface area contributed by atoms with Gasteiger partial charge >= 0.3 is 0 Å². The molecule has 1 atom stereocenters. The molecule has 0 radical (unpaired) electrons. The molecule has 1 aliphatic rings. The van der Waals surface area contributed by atoms with Crippen LogP contribution in [0.3, 0.4) is 0 Å². The lowest BCUT2D eigenvalue weighted by Gasteiger charge is -2.32. The molecule has 1 saturated carbocycles. The van der Waals surface area contributed by atoms with Gasteiger partial charge in [0.1, 0.15) is 11.6 Å². The molecule has 21 heavy (non-hydrogen) atoms. The van der Waals surface area contributed by atoms with Gasteiger partial charge in [-0.25, -0.2) is 4.39 Å². The molecule has 0 N–H and O–H groups in total. The Labute approximate surface area is 130 Å². The zero-order valence-corrected chi connectivity index (χ0v) is 13.2. The molecular formula is C16H21ClFNO2. The first-order valence-corrected chi connectivity index (χ1v) is 7.75. The lowest BCUT2D eigenvalue weighted by atomic mass is 9.94. The van der Waals surface area contributed by atoms with E-state index in [0.29, 0.717) is 11.8 Å². The Morgan fingerprint density at radius 2 is 2.05 bits per heavy atom. The highest BCUT2D eigenvalue weighted by atomic mass is 35.5. The number of halogens is 2. The predicted molar refractivity (Wildman–Crippen MR) is 81.1 cm³/mol. The summed E-state index contributed by atoms with van der Waals surface area (Å²) in [5.41, 5.74) is 0. The Morgan fingerprint density at radius 1 is 1.38 bits per heavy atom. The number of hydrogen-bond donors (Lipinski definition) is 0. The van der Waals surface area contributed by atoms with Crippen LogP contribution < -0.4 is 4.74 Å². The van der Waals surface area contributed by atoms with E-state index < -0.39 is 11.9 Å². The van der Waals surface area contributed by atoms with E-state index in [1.807, 2.05) is 7.05 Å². The Hall–Kier alpha value is -1.29. The van der Waals surface area contributed by atoms with E-state index in [1.54, 1.807) is 11.8 Å². The third-order valence-corrected chi connectivity index (χ3v) is 4.31. The van der Waals surface area contributed by atoms with Gasteiger partial charge in [0.2, 0.25) is 0 Å². The summed E-state index contributed by atoms with van der Waals surface area (Å²) in [4.78, 5) is 14.2. The molecule has 0 aliphatic heterocycles. The molecule has 116 valence electrons. The molecule has 1 fully saturated rings. The van der Waals surface area contributed by atoms with Gasteiger partial charge in [0.05, 0.1) is 5.02 Å². The Morgan fingerprint density at radius 3 is 2.67 bits per heavy atom. The zero-order chi connectivity index (χ0) is 15.4. The number of hydrogen-bond acceptors (Lipinski definition) is 2. The molecule has 2 rings (SSSR count). The van der Waals surface area contributed by atoms with E-state index in [2.05, 4.69) is 0 Å². The van der Waals surface area contributed by atoms with Crippen LogP contribution >= 0.6 is 11.6 Å². The van der Waals surface area contributed by atoms with Gasteiger partial charge in [-0.3, -0.25) is 4.79 Å². The van der Waals surface area contributed by atoms with E-state index in [1.165, 1.54) is 37.5 Å². The zero-order valence-electron chi connectivity index (χ0n) is 12.4. The van der Waals surface area contributed by atoms with E-state index >= 15 is 0 Å². The topological polar surface area (TPSA) is 29.5 Å². The van der Waals surface area contributed by atoms with E-state index in [-0.39, 0.29) is 10.9 Å². The molecule has 0 bridgehead atoms. The van der Waals surface area contributed by atoms with Gasteiger partial charge in [0.15, 0.2) is 6.10 Å². The van der Waals surface area contributed by atoms with Crippen LogP contribution in [-0.2, 0) is 4.79 Å². The molecule has 1 aliphatic carbocycles. The van der Waals surface area contributed by atoms with Crippen molar-refractivity contribution >= 4 is 17.5 Å². The predicted octanol–water partition coefficient (Wildman–Crippen LogP) is 4.04. The number of benzene rings is 1. The minimum atomic E-state index is -0.613. The summed E-state index contributed by atoms with van der Waals surface area (Å²) in [6.07, 6.45) is 5.09. The van der Waals surface area contributed by atoms with Crippen molar-refractivity contribution in [1.82, 2.24) is 4.90 Å². The number of likely N-dealkylation sites (N-methyl/N-ethyl adjacent to an activating group) is 1. The van der Waals surface area contributed by atoms with Crippen LogP contribution in [0.1, 0.15) is 39.0 Å². The first kappa shape index (κ1) is 16.1. The van der Waals surface area contributed by atoms with Crippen molar-refractivity contribution in [2.75, 3.05) is 7.05 Å². The number of carbonyl (C=O) groups excluding carboxylic acids is 1. The molecule has 0 saturated heterocycles. The highest BCUT2D eigenvalue weighted by Crippen LogP contribution is 2.24. The van der Waals surface area contributed by atoms with Gasteiger partial charge < -0.3 is 9.64 Å². The molecular weight excluding hydrogens is 293 g/mol. The van der Waals surface area contributed by atoms with Crippen LogP contribution in [0.4, 0.5) is 4.39 Å². The van der Waals surface area contributed by atoms with Gasteiger partial charge in [-0.15, -0.1) is 0 Å². The molecule has 1 amide bonds. The number of amides is 1. The summed E-state index contributed by atoms with van der Waals surface area (Å²) in [6.45, 7) is 1.71. The van der Waals surface area contributed by atoms with Gasteiger partial charge in [-0.05, 0) is 31.9 Å². The number of carbonyl (C=O) groups is 1. The Bertz CT molecular complexity index is 503. The molecule has 5 heteroatoms. The molecule has 0 aromatic heterocycles. The monoisotopic (exact) mass is 313 g/mol. The smallest absolute Gasteiger partial charge is 0.263 e. The van der Waals surface area contributed by atoms with Gasteiger partial charge in [0.25, 0.3) is 5.91 Å². The second kappa shape index (κ2) is 7.12. The summed E-state index contributed by atoms with van der Waals surface area (Å²) in [5, 5.41) is -0.00668. The average Bonchev–Trinajstić information content (AvgIpc) is 2.50. The highest BCUT2D eigenvalue weighted by molar-refractivity contribution is 6.30. The fourth-order valence-electron chi connectivity index (χ4n) is 2.74. The second-order valence-corrected chi connectivity index (χ2v) is 5.98. The summed E-state index contributed by atoms with van der Waals surface area (Å²) < 4.78 is 18.7. The van der Waals surface area contributed by atoms with Gasteiger partial charge in [-0.2, -0.15) is 0 Å². The van der Waals surface area contributed by atoms with Crippen LogP contribution in [0.5, 0.6) is 5.75 Å². The Kier molecular flexibility index (Phi) is 5.45. The van der Waals surface area contributed by atoms with Crippen molar-refractivity contribution in [3.8, 4) is 5.75 Å².